The summed E-state index contributed by atoms with van der Waals surface area (Å²) >= 11 is 0. The topological polar surface area (TPSA) is 66.6 Å². The van der Waals surface area contributed by atoms with Gasteiger partial charge in [-0.3, -0.25) is 0 Å². The molecular weight excluding hydrogens is 168 g/mol. The largest absolute Gasteiger partial charge is 0.366 e. The van der Waals surface area contributed by atoms with Crippen molar-refractivity contribution in [1.82, 2.24) is 19.9 Å². The Balaban J connectivity index is 1.76. The molecule has 2 aromatic heterocycles. The molecule has 0 aliphatic carbocycles. The van der Waals surface area contributed by atoms with Crippen LogP contribution in [0.5, 0.6) is 0 Å². The number of rotatable bonds is 4. The smallest absolute Gasteiger partial charge is 0.132 e. The van der Waals surface area contributed by atoms with E-state index in [0.717, 1.165) is 11.6 Å². The number of H-pyrrole nitrogens is 2. The maximum absolute atomic E-state index is 5.33. The number of hydrogen-bond donors (Lipinski definition) is 2. The molecule has 5 nitrogen and oxygen atoms in total. The lowest BCUT2D eigenvalue weighted by molar-refractivity contribution is 0.0975. The zero-order valence-corrected chi connectivity index (χ0v) is 7.03. The molecule has 13 heavy (non-hydrogen) atoms. The molecule has 0 aliphatic heterocycles. The number of ether oxygens (including phenoxy) is 1. The Kier molecular flexibility index (Phi) is 2.38. The maximum atomic E-state index is 5.33. The van der Waals surface area contributed by atoms with Gasteiger partial charge in [0.25, 0.3) is 0 Å². The molecule has 0 atom stereocenters. The second-order valence-corrected chi connectivity index (χ2v) is 2.56. The first-order valence-electron chi connectivity index (χ1n) is 3.99. The van der Waals surface area contributed by atoms with E-state index in [9.17, 15) is 0 Å². The normalized spacial score (nSPS) is 10.5. The van der Waals surface area contributed by atoms with E-state index >= 15 is 0 Å². The summed E-state index contributed by atoms with van der Waals surface area (Å²) in [6.07, 6.45) is 6.94. The van der Waals surface area contributed by atoms with Crippen LogP contribution in [0.2, 0.25) is 0 Å². The summed E-state index contributed by atoms with van der Waals surface area (Å²) in [4.78, 5) is 13.9. The van der Waals surface area contributed by atoms with Crippen LogP contribution in [0.25, 0.3) is 0 Å². The lowest BCUT2D eigenvalue weighted by Gasteiger charge is -1.98. The van der Waals surface area contributed by atoms with Gasteiger partial charge in [0.15, 0.2) is 0 Å². The second kappa shape index (κ2) is 3.86. The van der Waals surface area contributed by atoms with Crippen LogP contribution in [0, 0.1) is 0 Å². The van der Waals surface area contributed by atoms with Crippen molar-refractivity contribution in [2.45, 2.75) is 13.2 Å². The van der Waals surface area contributed by atoms with E-state index in [2.05, 4.69) is 19.9 Å². The SMILES string of the molecule is c1c[nH]c(COCc2ncc[nH]2)n1. The Labute approximate surface area is 75.2 Å². The lowest BCUT2D eigenvalue weighted by Crippen LogP contribution is -1.97. The molecule has 5 heteroatoms. The van der Waals surface area contributed by atoms with E-state index in [1.54, 1.807) is 24.8 Å². The highest BCUT2D eigenvalue weighted by molar-refractivity contribution is 4.86. The van der Waals surface area contributed by atoms with Crippen molar-refractivity contribution in [3.05, 3.63) is 36.4 Å². The van der Waals surface area contributed by atoms with Crippen molar-refractivity contribution in [2.24, 2.45) is 0 Å². The average molecular weight is 178 g/mol. The van der Waals surface area contributed by atoms with Crippen molar-refractivity contribution < 1.29 is 4.74 Å². The summed E-state index contributed by atoms with van der Waals surface area (Å²) in [5, 5.41) is 0. The van der Waals surface area contributed by atoms with Crippen molar-refractivity contribution in [1.29, 1.82) is 0 Å². The lowest BCUT2D eigenvalue weighted by atomic mass is 10.6. The van der Waals surface area contributed by atoms with Gasteiger partial charge in [-0.1, -0.05) is 0 Å². The quantitative estimate of drug-likeness (QED) is 0.729. The summed E-state index contributed by atoms with van der Waals surface area (Å²) < 4.78 is 5.33. The molecule has 0 aliphatic rings. The van der Waals surface area contributed by atoms with Gasteiger partial charge in [0.05, 0.1) is 0 Å². The fourth-order valence-electron chi connectivity index (χ4n) is 0.998. The molecule has 2 N–H and O–H groups in total. The van der Waals surface area contributed by atoms with Gasteiger partial charge in [-0.05, 0) is 0 Å². The molecule has 0 amide bonds. The fourth-order valence-corrected chi connectivity index (χ4v) is 0.998. The first kappa shape index (κ1) is 8.00. The minimum Gasteiger partial charge on any atom is -0.366 e. The van der Waals surface area contributed by atoms with Crippen molar-refractivity contribution >= 4 is 0 Å². The molecular formula is C8H10N4O. The van der Waals surface area contributed by atoms with Crippen LogP contribution >= 0.6 is 0 Å². The average Bonchev–Trinajstić information content (AvgIpc) is 2.75. The van der Waals surface area contributed by atoms with E-state index in [1.807, 2.05) is 0 Å². The molecule has 68 valence electrons. The predicted octanol–water partition coefficient (Wildman–Crippen LogP) is 0.850. The van der Waals surface area contributed by atoms with Crippen LogP contribution in [0.4, 0.5) is 0 Å². The highest BCUT2D eigenvalue weighted by Gasteiger charge is 1.96. The summed E-state index contributed by atoms with van der Waals surface area (Å²) in [6, 6.07) is 0. The fraction of sp³-hybridized carbons (Fsp3) is 0.250. The summed E-state index contributed by atoms with van der Waals surface area (Å²) in [5.41, 5.74) is 0. The van der Waals surface area contributed by atoms with Gasteiger partial charge in [-0.25, -0.2) is 9.97 Å². The van der Waals surface area contributed by atoms with E-state index in [-0.39, 0.29) is 0 Å². The number of nitrogens with zero attached hydrogens (tertiary/aromatic N) is 2. The van der Waals surface area contributed by atoms with Gasteiger partial charge >= 0.3 is 0 Å². The molecule has 2 heterocycles. The van der Waals surface area contributed by atoms with Gasteiger partial charge < -0.3 is 14.7 Å². The minimum absolute atomic E-state index is 0.480. The van der Waals surface area contributed by atoms with E-state index in [1.165, 1.54) is 0 Å². The van der Waals surface area contributed by atoms with E-state index in [0.29, 0.717) is 13.2 Å². The van der Waals surface area contributed by atoms with Crippen LogP contribution in [-0.2, 0) is 18.0 Å². The third-order valence-corrected chi connectivity index (χ3v) is 1.59. The summed E-state index contributed by atoms with van der Waals surface area (Å²) in [7, 11) is 0. The van der Waals surface area contributed by atoms with Crippen LogP contribution in [0.15, 0.2) is 24.8 Å². The maximum Gasteiger partial charge on any atom is 0.132 e. The number of aromatic nitrogens is 4. The number of aromatic amines is 2. The minimum atomic E-state index is 0.480. The monoisotopic (exact) mass is 178 g/mol. The molecule has 0 bridgehead atoms. The molecule has 0 aromatic carbocycles. The molecule has 0 unspecified atom stereocenters. The molecule has 0 spiro atoms. The van der Waals surface area contributed by atoms with Gasteiger partial charge in [-0.2, -0.15) is 0 Å². The first-order chi connectivity index (χ1) is 6.45. The Morgan fingerprint density at radius 2 is 1.54 bits per heavy atom. The van der Waals surface area contributed by atoms with Gasteiger partial charge in [-0.15, -0.1) is 0 Å². The summed E-state index contributed by atoms with van der Waals surface area (Å²) in [6.45, 7) is 0.960. The Bertz CT molecular complexity index is 293. The van der Waals surface area contributed by atoms with E-state index < -0.39 is 0 Å². The van der Waals surface area contributed by atoms with E-state index in [4.69, 9.17) is 4.74 Å². The van der Waals surface area contributed by atoms with Crippen molar-refractivity contribution in [3.63, 3.8) is 0 Å². The Hall–Kier alpha value is -1.62. The second-order valence-electron chi connectivity index (χ2n) is 2.56. The molecule has 0 saturated carbocycles. The highest BCUT2D eigenvalue weighted by atomic mass is 16.5. The first-order valence-corrected chi connectivity index (χ1v) is 3.99. The zero-order valence-electron chi connectivity index (χ0n) is 7.03. The van der Waals surface area contributed by atoms with Crippen LogP contribution in [0.1, 0.15) is 11.6 Å². The van der Waals surface area contributed by atoms with Crippen LogP contribution < -0.4 is 0 Å². The summed E-state index contributed by atoms with van der Waals surface area (Å²) in [5.74, 6) is 1.65. The Morgan fingerprint density at radius 3 is 1.92 bits per heavy atom. The number of imidazole rings is 2. The third-order valence-electron chi connectivity index (χ3n) is 1.59. The van der Waals surface area contributed by atoms with Gasteiger partial charge in [0.2, 0.25) is 0 Å². The predicted molar refractivity (Wildman–Crippen MR) is 45.7 cm³/mol. The van der Waals surface area contributed by atoms with Crippen LogP contribution in [-0.4, -0.2) is 19.9 Å². The van der Waals surface area contributed by atoms with Crippen molar-refractivity contribution in [2.75, 3.05) is 0 Å². The molecule has 0 fully saturated rings. The molecule has 0 radical (unpaired) electrons. The third kappa shape index (κ3) is 2.16. The Morgan fingerprint density at radius 1 is 1.00 bits per heavy atom. The van der Waals surface area contributed by atoms with Gasteiger partial charge in [0.1, 0.15) is 24.9 Å². The van der Waals surface area contributed by atoms with Crippen LogP contribution in [0.3, 0.4) is 0 Å². The molecule has 2 rings (SSSR count). The van der Waals surface area contributed by atoms with Crippen molar-refractivity contribution in [3.8, 4) is 0 Å². The number of nitrogens with one attached hydrogen (secondary N) is 2. The molecule has 2 aromatic rings. The van der Waals surface area contributed by atoms with Gasteiger partial charge in [0, 0.05) is 24.8 Å². The zero-order chi connectivity index (χ0) is 8.93. The standard InChI is InChI=1S/C8H10N4O/c1-2-10-7(9-1)5-13-6-8-11-3-4-12-8/h1-4H,5-6H2,(H,9,10)(H,11,12). The highest BCUT2D eigenvalue weighted by Crippen LogP contribution is 1.96. The number of hydrogen-bond acceptors (Lipinski definition) is 3. The molecule has 0 saturated heterocycles.